The highest BCUT2D eigenvalue weighted by molar-refractivity contribution is 7.93. The molecule has 0 amide bonds. The number of nitrogens with one attached hydrogen (secondary N) is 1. The van der Waals surface area contributed by atoms with E-state index >= 15 is 4.39 Å². The summed E-state index contributed by atoms with van der Waals surface area (Å²) >= 11 is 7.78. The summed E-state index contributed by atoms with van der Waals surface area (Å²) in [4.78, 5) is 5.91. The lowest BCUT2D eigenvalue weighted by Gasteiger charge is -2.32. The highest BCUT2D eigenvalue weighted by Gasteiger charge is 2.32. The maximum atomic E-state index is 15.8. The van der Waals surface area contributed by atoms with Crippen molar-refractivity contribution in [2.45, 2.75) is 17.5 Å². The van der Waals surface area contributed by atoms with Gasteiger partial charge in [0.05, 0.1) is 50.7 Å². The topological polar surface area (TPSA) is 93.2 Å². The van der Waals surface area contributed by atoms with Gasteiger partial charge in [0.25, 0.3) is 10.0 Å². The van der Waals surface area contributed by atoms with Crippen LogP contribution in [0.2, 0.25) is 5.02 Å². The molecule has 13 heteroatoms. The summed E-state index contributed by atoms with van der Waals surface area (Å²) < 4.78 is 61.2. The second-order valence-corrected chi connectivity index (χ2v) is 12.9. The monoisotopic (exact) mass is 646 g/mol. The number of hydrogen-bond acceptors (Lipinski definition) is 9. The van der Waals surface area contributed by atoms with Crippen molar-refractivity contribution in [2.75, 3.05) is 56.7 Å². The van der Waals surface area contributed by atoms with Crippen LogP contribution in [0, 0.1) is 5.82 Å². The van der Waals surface area contributed by atoms with Gasteiger partial charge >= 0.3 is 0 Å². The molecule has 0 saturated carbocycles. The summed E-state index contributed by atoms with van der Waals surface area (Å²) in [6, 6.07) is 16.9. The smallest absolute Gasteiger partial charge is 0.269 e. The van der Waals surface area contributed by atoms with Crippen molar-refractivity contribution >= 4 is 43.8 Å². The number of sulfonamides is 1. The number of aromatic nitrogens is 1. The van der Waals surface area contributed by atoms with Crippen LogP contribution in [0.3, 0.4) is 0 Å². The van der Waals surface area contributed by atoms with Gasteiger partial charge in [0.1, 0.15) is 22.2 Å². The number of hydrogen-bond donors (Lipinski definition) is 1. The summed E-state index contributed by atoms with van der Waals surface area (Å²) in [5.74, 6) is 0.0299. The number of morpholine rings is 1. The summed E-state index contributed by atoms with van der Waals surface area (Å²) in [6.45, 7) is 3.30. The quantitative estimate of drug-likeness (QED) is 0.205. The molecule has 4 aromatic rings. The molecule has 1 aromatic heterocycles. The summed E-state index contributed by atoms with van der Waals surface area (Å²) in [5.41, 5.74) is 1.82. The normalized spacial score (nSPS) is 14.7. The number of halogens is 2. The number of nitrogens with zero attached hydrogens (tertiary/aromatic N) is 3. The molecule has 1 saturated heterocycles. The van der Waals surface area contributed by atoms with Gasteiger partial charge in [0.2, 0.25) is 0 Å². The van der Waals surface area contributed by atoms with Crippen LogP contribution < -0.4 is 19.1 Å². The van der Waals surface area contributed by atoms with Gasteiger partial charge in [-0.3, -0.25) is 4.90 Å². The standard InChI is InChI=1S/C30H32ClFN4O5S2/c1-39-23-9-8-22(28(16-23)40-2)19-36(30-33-10-15-42-30)43(37,38)29-17-24(31)26(18-25(29)32)34-27(21-6-4-3-5-7-21)20-35-11-13-41-14-12-35/h3-10,15-18,27,34H,11-14,19-20H2,1-2H3. The average Bonchev–Trinajstić information content (AvgIpc) is 3.56. The molecule has 1 aliphatic heterocycles. The Morgan fingerprint density at radius 3 is 2.56 bits per heavy atom. The van der Waals surface area contributed by atoms with E-state index in [2.05, 4.69) is 15.2 Å². The van der Waals surface area contributed by atoms with Crippen molar-refractivity contribution in [2.24, 2.45) is 0 Å². The van der Waals surface area contributed by atoms with Crippen molar-refractivity contribution < 1.29 is 27.0 Å². The SMILES string of the molecule is COc1ccc(CN(c2nccs2)S(=O)(=O)c2cc(Cl)c(NC(CN3CCOCC3)c3ccccc3)cc2F)c(OC)c1. The predicted octanol–water partition coefficient (Wildman–Crippen LogP) is 5.83. The van der Waals surface area contributed by atoms with Gasteiger partial charge in [-0.15, -0.1) is 11.3 Å². The molecule has 1 N–H and O–H groups in total. The van der Waals surface area contributed by atoms with Crippen LogP contribution in [0.1, 0.15) is 17.2 Å². The Morgan fingerprint density at radius 2 is 1.88 bits per heavy atom. The maximum absolute atomic E-state index is 15.8. The summed E-state index contributed by atoms with van der Waals surface area (Å²) in [7, 11) is -1.45. The second-order valence-electron chi connectivity index (χ2n) is 9.79. The Morgan fingerprint density at radius 1 is 1.12 bits per heavy atom. The fourth-order valence-electron chi connectivity index (χ4n) is 4.84. The lowest BCUT2D eigenvalue weighted by molar-refractivity contribution is 0.0361. The molecule has 1 aliphatic rings. The van der Waals surface area contributed by atoms with Crippen LogP contribution in [-0.2, 0) is 21.3 Å². The zero-order chi connectivity index (χ0) is 30.4. The van der Waals surface area contributed by atoms with Crippen molar-refractivity contribution in [3.8, 4) is 11.5 Å². The Hall–Kier alpha value is -3.42. The highest BCUT2D eigenvalue weighted by Crippen LogP contribution is 2.36. The number of methoxy groups -OCH3 is 2. The first-order valence-corrected chi connectivity index (χ1v) is 16.2. The van der Waals surface area contributed by atoms with E-state index in [1.54, 1.807) is 23.6 Å². The Labute approximate surface area is 259 Å². The van der Waals surface area contributed by atoms with Gasteiger partial charge in [-0.25, -0.2) is 22.1 Å². The Bertz CT molecular complexity index is 1620. The number of benzene rings is 3. The fraction of sp³-hybridized carbons (Fsp3) is 0.300. The third-order valence-electron chi connectivity index (χ3n) is 7.11. The lowest BCUT2D eigenvalue weighted by atomic mass is 10.1. The van der Waals surface area contributed by atoms with Crippen LogP contribution >= 0.6 is 22.9 Å². The third kappa shape index (κ3) is 7.22. The van der Waals surface area contributed by atoms with Crippen LogP contribution in [0.4, 0.5) is 15.2 Å². The zero-order valence-electron chi connectivity index (χ0n) is 23.7. The molecule has 2 heterocycles. The number of anilines is 2. The van der Waals surface area contributed by atoms with E-state index in [1.165, 1.54) is 20.4 Å². The van der Waals surface area contributed by atoms with E-state index in [9.17, 15) is 8.42 Å². The minimum atomic E-state index is -4.45. The van der Waals surface area contributed by atoms with E-state index in [-0.39, 0.29) is 28.4 Å². The molecular weight excluding hydrogens is 615 g/mol. The van der Waals surface area contributed by atoms with E-state index in [0.29, 0.717) is 36.8 Å². The van der Waals surface area contributed by atoms with Crippen molar-refractivity contribution in [1.29, 1.82) is 0 Å². The van der Waals surface area contributed by atoms with E-state index < -0.39 is 20.7 Å². The number of thiazole rings is 1. The molecule has 228 valence electrons. The molecule has 0 bridgehead atoms. The third-order valence-corrected chi connectivity index (χ3v) is 10.1. The largest absolute Gasteiger partial charge is 0.497 e. The van der Waals surface area contributed by atoms with Crippen LogP contribution in [-0.4, -0.2) is 65.4 Å². The molecule has 0 aliphatic carbocycles. The fourth-order valence-corrected chi connectivity index (χ4v) is 7.46. The number of ether oxygens (including phenoxy) is 3. The number of rotatable bonds is 12. The molecule has 5 rings (SSSR count). The Kier molecular flexibility index (Phi) is 10.0. The molecule has 3 aromatic carbocycles. The molecule has 9 nitrogen and oxygen atoms in total. The van der Waals surface area contributed by atoms with E-state index in [1.807, 2.05) is 30.3 Å². The molecule has 1 atom stereocenters. The van der Waals surface area contributed by atoms with E-state index in [0.717, 1.165) is 46.4 Å². The van der Waals surface area contributed by atoms with Gasteiger partial charge in [0.15, 0.2) is 5.13 Å². The molecule has 43 heavy (non-hydrogen) atoms. The van der Waals surface area contributed by atoms with Crippen LogP contribution in [0.15, 0.2) is 77.1 Å². The first-order chi connectivity index (χ1) is 20.8. The summed E-state index contributed by atoms with van der Waals surface area (Å²) in [6.07, 6.45) is 1.49. The van der Waals surface area contributed by atoms with E-state index in [4.69, 9.17) is 25.8 Å². The Balaban J connectivity index is 1.47. The van der Waals surface area contributed by atoms with Gasteiger partial charge < -0.3 is 19.5 Å². The van der Waals surface area contributed by atoms with Crippen molar-refractivity contribution in [1.82, 2.24) is 9.88 Å². The zero-order valence-corrected chi connectivity index (χ0v) is 26.1. The van der Waals surface area contributed by atoms with Gasteiger partial charge in [-0.05, 0) is 29.8 Å². The van der Waals surface area contributed by atoms with Crippen LogP contribution in [0.25, 0.3) is 0 Å². The lowest BCUT2D eigenvalue weighted by Crippen LogP contribution is -2.40. The summed E-state index contributed by atoms with van der Waals surface area (Å²) in [5, 5.41) is 5.25. The predicted molar refractivity (Wildman–Crippen MR) is 167 cm³/mol. The molecule has 1 fully saturated rings. The molecule has 1 unspecified atom stereocenters. The minimum absolute atomic E-state index is 0.0731. The van der Waals surface area contributed by atoms with Crippen molar-refractivity contribution in [3.05, 3.63) is 94.2 Å². The van der Waals surface area contributed by atoms with Gasteiger partial charge in [-0.2, -0.15) is 0 Å². The highest BCUT2D eigenvalue weighted by atomic mass is 35.5. The first-order valence-electron chi connectivity index (χ1n) is 13.5. The van der Waals surface area contributed by atoms with Crippen molar-refractivity contribution in [3.63, 3.8) is 0 Å². The molecule has 0 radical (unpaired) electrons. The maximum Gasteiger partial charge on any atom is 0.269 e. The minimum Gasteiger partial charge on any atom is -0.497 e. The van der Waals surface area contributed by atoms with Crippen LogP contribution in [0.5, 0.6) is 11.5 Å². The molecule has 0 spiro atoms. The average molecular weight is 647 g/mol. The van der Waals surface area contributed by atoms with Gasteiger partial charge in [0, 0.05) is 42.8 Å². The molecular formula is C30H32ClFN4O5S2. The first kappa shape index (κ1) is 31.0. The second kappa shape index (κ2) is 13.9. The van der Waals surface area contributed by atoms with Gasteiger partial charge in [-0.1, -0.05) is 41.9 Å².